The van der Waals surface area contributed by atoms with Gasteiger partial charge in [-0.05, 0) is 51.2 Å². The minimum absolute atomic E-state index is 0.00831. The van der Waals surface area contributed by atoms with Crippen molar-refractivity contribution in [3.63, 3.8) is 0 Å². The lowest BCUT2D eigenvalue weighted by Crippen LogP contribution is -2.34. The standard InChI is InChI=1S/C19H22FN3O2S/c1-12-21-16(11-26-12)17-6-3-9-23(17)19(24)22-13-7-8-18(15(20)10-13)25-14-4-2-5-14/h7-8,10-11,14,17H,2-6,9H2,1H3,(H,22,24)/t17-/m1/s1. The van der Waals surface area contributed by atoms with Gasteiger partial charge in [-0.15, -0.1) is 11.3 Å². The molecule has 1 aromatic carbocycles. The smallest absolute Gasteiger partial charge is 0.322 e. The number of ether oxygens (including phenoxy) is 1. The van der Waals surface area contributed by atoms with Gasteiger partial charge in [-0.3, -0.25) is 0 Å². The Labute approximate surface area is 156 Å². The fourth-order valence-corrected chi connectivity index (χ4v) is 4.05. The molecule has 7 heteroatoms. The fraction of sp³-hybridized carbons (Fsp3) is 0.474. The van der Waals surface area contributed by atoms with Gasteiger partial charge in [0.2, 0.25) is 0 Å². The van der Waals surface area contributed by atoms with Crippen LogP contribution in [0.5, 0.6) is 5.75 Å². The van der Waals surface area contributed by atoms with Gasteiger partial charge in [0.25, 0.3) is 0 Å². The molecule has 2 aromatic rings. The number of likely N-dealkylation sites (tertiary alicyclic amines) is 1. The number of nitrogens with one attached hydrogen (secondary N) is 1. The molecule has 1 saturated heterocycles. The normalized spacial score (nSPS) is 20.1. The van der Waals surface area contributed by atoms with Gasteiger partial charge in [-0.2, -0.15) is 0 Å². The summed E-state index contributed by atoms with van der Waals surface area (Å²) in [6.45, 7) is 2.64. The number of hydrogen-bond donors (Lipinski definition) is 1. The first kappa shape index (κ1) is 17.3. The van der Waals surface area contributed by atoms with Crippen LogP contribution in [0.3, 0.4) is 0 Å². The highest BCUT2D eigenvalue weighted by atomic mass is 32.1. The van der Waals surface area contributed by atoms with E-state index in [1.807, 2.05) is 12.3 Å². The number of rotatable bonds is 4. The lowest BCUT2D eigenvalue weighted by molar-refractivity contribution is 0.115. The minimum atomic E-state index is -0.442. The highest BCUT2D eigenvalue weighted by Gasteiger charge is 2.31. The van der Waals surface area contributed by atoms with Crippen molar-refractivity contribution in [1.82, 2.24) is 9.88 Å². The Hall–Kier alpha value is -2.15. The molecule has 1 atom stereocenters. The average Bonchev–Trinajstić information content (AvgIpc) is 3.21. The van der Waals surface area contributed by atoms with E-state index in [9.17, 15) is 9.18 Å². The van der Waals surface area contributed by atoms with Crippen LogP contribution in [0.25, 0.3) is 0 Å². The number of halogens is 1. The highest BCUT2D eigenvalue weighted by molar-refractivity contribution is 7.09. The number of amides is 2. The van der Waals surface area contributed by atoms with Gasteiger partial charge in [-0.1, -0.05) is 0 Å². The summed E-state index contributed by atoms with van der Waals surface area (Å²) in [7, 11) is 0. The molecule has 2 heterocycles. The number of carbonyl (C=O) groups is 1. The van der Waals surface area contributed by atoms with Gasteiger partial charge in [0.1, 0.15) is 0 Å². The van der Waals surface area contributed by atoms with E-state index in [0.717, 1.165) is 42.8 Å². The molecule has 0 bridgehead atoms. The number of anilines is 1. The molecule has 0 unspecified atom stereocenters. The summed E-state index contributed by atoms with van der Waals surface area (Å²) < 4.78 is 19.9. The SMILES string of the molecule is Cc1nc([C@H]2CCCN2C(=O)Nc2ccc(OC3CCC3)c(F)c2)cs1. The Kier molecular flexibility index (Phi) is 4.80. The van der Waals surface area contributed by atoms with E-state index in [-0.39, 0.29) is 23.9 Å². The number of benzene rings is 1. The average molecular weight is 375 g/mol. The summed E-state index contributed by atoms with van der Waals surface area (Å²) in [5.41, 5.74) is 1.38. The Bertz CT molecular complexity index is 806. The Morgan fingerprint density at radius 1 is 1.35 bits per heavy atom. The van der Waals surface area contributed by atoms with Crippen molar-refractivity contribution in [2.75, 3.05) is 11.9 Å². The third-order valence-corrected chi connectivity index (χ3v) is 5.81. The zero-order valence-corrected chi connectivity index (χ0v) is 15.5. The molecular formula is C19H22FN3O2S. The molecule has 0 radical (unpaired) electrons. The van der Waals surface area contributed by atoms with Crippen LogP contribution in [0.2, 0.25) is 0 Å². The predicted octanol–water partition coefficient (Wildman–Crippen LogP) is 4.89. The van der Waals surface area contributed by atoms with Crippen molar-refractivity contribution in [2.45, 2.75) is 51.2 Å². The first-order valence-corrected chi connectivity index (χ1v) is 9.94. The summed E-state index contributed by atoms with van der Waals surface area (Å²) in [6.07, 6.45) is 5.05. The lowest BCUT2D eigenvalue weighted by atomic mass is 9.96. The minimum Gasteiger partial charge on any atom is -0.487 e. The van der Waals surface area contributed by atoms with Crippen molar-refractivity contribution in [3.05, 3.63) is 40.1 Å². The fourth-order valence-electron chi connectivity index (χ4n) is 3.39. The largest absolute Gasteiger partial charge is 0.487 e. The summed E-state index contributed by atoms with van der Waals surface area (Å²) >= 11 is 1.59. The van der Waals surface area contributed by atoms with E-state index in [1.165, 1.54) is 6.07 Å². The first-order chi connectivity index (χ1) is 12.6. The van der Waals surface area contributed by atoms with Crippen LogP contribution in [-0.2, 0) is 0 Å². The van der Waals surface area contributed by atoms with E-state index in [1.54, 1.807) is 28.4 Å². The van der Waals surface area contributed by atoms with Crippen LogP contribution in [0, 0.1) is 12.7 Å². The third-order valence-electron chi connectivity index (χ3n) is 5.02. The number of aromatic nitrogens is 1. The Balaban J connectivity index is 1.43. The van der Waals surface area contributed by atoms with Crippen molar-refractivity contribution >= 4 is 23.1 Å². The quantitative estimate of drug-likeness (QED) is 0.828. The molecule has 2 fully saturated rings. The van der Waals surface area contributed by atoms with Gasteiger partial charge < -0.3 is 15.0 Å². The topological polar surface area (TPSA) is 54.5 Å². The third kappa shape index (κ3) is 3.53. The van der Waals surface area contributed by atoms with Crippen molar-refractivity contribution in [3.8, 4) is 5.75 Å². The number of urea groups is 1. The van der Waals surface area contributed by atoms with Crippen LogP contribution in [0.1, 0.15) is 48.8 Å². The van der Waals surface area contributed by atoms with Crippen LogP contribution >= 0.6 is 11.3 Å². The number of nitrogens with zero attached hydrogens (tertiary/aromatic N) is 2. The van der Waals surface area contributed by atoms with E-state index in [2.05, 4.69) is 10.3 Å². The van der Waals surface area contributed by atoms with Crippen molar-refractivity contribution in [1.29, 1.82) is 0 Å². The molecular weight excluding hydrogens is 353 g/mol. The van der Waals surface area contributed by atoms with Gasteiger partial charge in [-0.25, -0.2) is 14.2 Å². The van der Waals surface area contributed by atoms with Crippen LogP contribution in [0.15, 0.2) is 23.6 Å². The molecule has 1 aliphatic heterocycles. The molecule has 1 aliphatic carbocycles. The maximum atomic E-state index is 14.2. The second kappa shape index (κ2) is 7.23. The molecule has 0 spiro atoms. The van der Waals surface area contributed by atoms with Crippen LogP contribution in [-0.4, -0.2) is 28.6 Å². The van der Waals surface area contributed by atoms with Gasteiger partial charge in [0.15, 0.2) is 11.6 Å². The van der Waals surface area contributed by atoms with Crippen molar-refractivity contribution < 1.29 is 13.9 Å². The Morgan fingerprint density at radius 3 is 2.85 bits per heavy atom. The van der Waals surface area contributed by atoms with Crippen molar-refractivity contribution in [2.24, 2.45) is 0 Å². The molecule has 5 nitrogen and oxygen atoms in total. The molecule has 2 aliphatic rings. The number of thiazole rings is 1. The maximum Gasteiger partial charge on any atom is 0.322 e. The lowest BCUT2D eigenvalue weighted by Gasteiger charge is -2.27. The van der Waals surface area contributed by atoms with Crippen LogP contribution in [0.4, 0.5) is 14.9 Å². The summed E-state index contributed by atoms with van der Waals surface area (Å²) in [5.74, 6) is -0.188. The molecule has 138 valence electrons. The number of aryl methyl sites for hydroxylation is 1. The number of carbonyl (C=O) groups excluding carboxylic acids is 1. The van der Waals surface area contributed by atoms with Gasteiger partial charge in [0.05, 0.1) is 22.8 Å². The van der Waals surface area contributed by atoms with Crippen LogP contribution < -0.4 is 10.1 Å². The van der Waals surface area contributed by atoms with Gasteiger partial charge >= 0.3 is 6.03 Å². The number of hydrogen-bond acceptors (Lipinski definition) is 4. The Morgan fingerprint density at radius 2 is 2.19 bits per heavy atom. The predicted molar refractivity (Wildman–Crippen MR) is 99.2 cm³/mol. The molecule has 4 rings (SSSR count). The van der Waals surface area contributed by atoms with Gasteiger partial charge in [0, 0.05) is 23.7 Å². The highest BCUT2D eigenvalue weighted by Crippen LogP contribution is 2.33. The first-order valence-electron chi connectivity index (χ1n) is 9.06. The zero-order chi connectivity index (χ0) is 18.1. The zero-order valence-electron chi connectivity index (χ0n) is 14.7. The summed E-state index contributed by atoms with van der Waals surface area (Å²) in [4.78, 5) is 19.0. The molecule has 1 N–H and O–H groups in total. The second-order valence-corrected chi connectivity index (χ2v) is 7.95. The molecule has 26 heavy (non-hydrogen) atoms. The monoisotopic (exact) mass is 375 g/mol. The molecule has 1 aromatic heterocycles. The summed E-state index contributed by atoms with van der Waals surface area (Å²) in [6, 6.07) is 4.38. The molecule has 2 amide bonds. The van der Waals surface area contributed by atoms with E-state index < -0.39 is 5.82 Å². The van der Waals surface area contributed by atoms with E-state index in [0.29, 0.717) is 12.2 Å². The second-order valence-electron chi connectivity index (χ2n) is 6.89. The van der Waals surface area contributed by atoms with E-state index in [4.69, 9.17) is 4.74 Å². The maximum absolute atomic E-state index is 14.2. The van der Waals surface area contributed by atoms with E-state index >= 15 is 0 Å². The summed E-state index contributed by atoms with van der Waals surface area (Å²) in [5, 5.41) is 5.82. The molecule has 1 saturated carbocycles.